The van der Waals surface area contributed by atoms with Crippen molar-refractivity contribution < 1.29 is 4.52 Å². The Balaban J connectivity index is 2.83. The zero-order valence-corrected chi connectivity index (χ0v) is 8.27. The van der Waals surface area contributed by atoms with E-state index in [2.05, 4.69) is 25.9 Å². The Bertz CT molecular complexity index is 275. The van der Waals surface area contributed by atoms with Crippen molar-refractivity contribution >= 4 is 17.5 Å². The Kier molecular flexibility index (Phi) is 2.33. The van der Waals surface area contributed by atoms with Gasteiger partial charge in [0, 0.05) is 0 Å². The van der Waals surface area contributed by atoms with Crippen molar-refractivity contribution in [2.24, 2.45) is 5.41 Å². The van der Waals surface area contributed by atoms with Gasteiger partial charge in [-0.1, -0.05) is 37.5 Å². The van der Waals surface area contributed by atoms with E-state index in [9.17, 15) is 0 Å². The topological polar surface area (TPSA) is 52.0 Å². The van der Waals surface area contributed by atoms with Crippen LogP contribution in [0, 0.1) is 5.41 Å². The van der Waals surface area contributed by atoms with E-state index >= 15 is 0 Å². The van der Waals surface area contributed by atoms with E-state index in [-0.39, 0.29) is 11.3 Å². The molecule has 0 spiro atoms. The third-order valence-corrected chi connectivity index (χ3v) is 1.83. The molecule has 0 radical (unpaired) electrons. The van der Waals surface area contributed by atoms with Gasteiger partial charge in [-0.15, -0.1) is 0 Å². The molecule has 0 bridgehead atoms. The van der Waals surface area contributed by atoms with Crippen molar-refractivity contribution in [3.8, 4) is 0 Å². The second-order valence-electron chi connectivity index (χ2n) is 4.04. The van der Waals surface area contributed by atoms with Crippen molar-refractivity contribution in [2.75, 3.05) is 5.73 Å². The summed E-state index contributed by atoms with van der Waals surface area (Å²) in [6, 6.07) is 0. The van der Waals surface area contributed by atoms with Crippen LogP contribution in [0.1, 0.15) is 26.5 Å². The van der Waals surface area contributed by atoms with Crippen LogP contribution in [-0.2, 0) is 6.42 Å². The molecule has 0 fully saturated rings. The van der Waals surface area contributed by atoms with Crippen LogP contribution in [0.4, 0.5) is 5.88 Å². The highest BCUT2D eigenvalue weighted by molar-refractivity contribution is 6.33. The summed E-state index contributed by atoms with van der Waals surface area (Å²) in [6.07, 6.45) is 0.770. The predicted molar refractivity (Wildman–Crippen MR) is 49.1 cm³/mol. The maximum Gasteiger partial charge on any atom is 0.241 e. The van der Waals surface area contributed by atoms with E-state index < -0.39 is 0 Å². The smallest absolute Gasteiger partial charge is 0.241 e. The molecule has 0 aliphatic rings. The number of anilines is 1. The highest BCUT2D eigenvalue weighted by atomic mass is 35.5. The number of nitrogens with two attached hydrogens (primary N) is 1. The molecule has 68 valence electrons. The average molecular weight is 189 g/mol. The zero-order chi connectivity index (χ0) is 9.35. The van der Waals surface area contributed by atoms with Gasteiger partial charge in [-0.05, 0) is 11.8 Å². The number of aromatic nitrogens is 1. The second-order valence-corrected chi connectivity index (χ2v) is 4.42. The van der Waals surface area contributed by atoms with Gasteiger partial charge in [-0.25, -0.2) is 0 Å². The molecule has 3 nitrogen and oxygen atoms in total. The third-order valence-electron chi connectivity index (χ3n) is 1.42. The van der Waals surface area contributed by atoms with Gasteiger partial charge in [0.1, 0.15) is 10.7 Å². The van der Waals surface area contributed by atoms with E-state index in [0.29, 0.717) is 5.02 Å². The van der Waals surface area contributed by atoms with Crippen molar-refractivity contribution in [2.45, 2.75) is 27.2 Å². The third kappa shape index (κ3) is 2.14. The molecule has 2 N–H and O–H groups in total. The average Bonchev–Trinajstić information content (AvgIpc) is 2.16. The zero-order valence-electron chi connectivity index (χ0n) is 7.52. The Morgan fingerprint density at radius 1 is 1.50 bits per heavy atom. The first kappa shape index (κ1) is 9.39. The quantitative estimate of drug-likeness (QED) is 0.737. The molecule has 0 atom stereocenters. The normalized spacial score (nSPS) is 12.0. The Morgan fingerprint density at radius 2 is 2.08 bits per heavy atom. The minimum absolute atomic E-state index is 0.146. The van der Waals surface area contributed by atoms with E-state index in [4.69, 9.17) is 21.9 Å². The van der Waals surface area contributed by atoms with Crippen LogP contribution in [-0.4, -0.2) is 5.16 Å². The standard InChI is InChI=1S/C8H13ClN2O/c1-8(2,3)4-5-6(9)7(10)12-11-5/h4,10H2,1-3H3. The van der Waals surface area contributed by atoms with Gasteiger partial charge in [0.2, 0.25) is 5.88 Å². The molecule has 0 aliphatic heterocycles. The number of hydrogen-bond donors (Lipinski definition) is 1. The van der Waals surface area contributed by atoms with Crippen LogP contribution < -0.4 is 5.73 Å². The molecule has 1 heterocycles. The minimum atomic E-state index is 0.146. The summed E-state index contributed by atoms with van der Waals surface area (Å²) in [6.45, 7) is 6.32. The lowest BCUT2D eigenvalue weighted by Crippen LogP contribution is -2.09. The van der Waals surface area contributed by atoms with Crippen LogP contribution in [0.25, 0.3) is 0 Å². The molecule has 0 amide bonds. The molecule has 0 aliphatic carbocycles. The van der Waals surface area contributed by atoms with Crippen molar-refractivity contribution in [1.82, 2.24) is 5.16 Å². The first-order chi connectivity index (χ1) is 5.40. The molecule has 0 saturated heterocycles. The van der Waals surface area contributed by atoms with Crippen molar-refractivity contribution in [3.05, 3.63) is 10.7 Å². The summed E-state index contributed by atoms with van der Waals surface area (Å²) in [7, 11) is 0. The number of hydrogen-bond acceptors (Lipinski definition) is 3. The van der Waals surface area contributed by atoms with Gasteiger partial charge in [0.05, 0.1) is 0 Å². The number of nitrogens with zero attached hydrogens (tertiary/aromatic N) is 1. The number of rotatable bonds is 1. The van der Waals surface area contributed by atoms with Gasteiger partial charge in [-0.3, -0.25) is 0 Å². The van der Waals surface area contributed by atoms with Crippen LogP contribution in [0.5, 0.6) is 0 Å². The molecular formula is C8H13ClN2O. The molecule has 1 aromatic heterocycles. The van der Waals surface area contributed by atoms with E-state index in [1.54, 1.807) is 0 Å². The predicted octanol–water partition coefficient (Wildman–Crippen LogP) is 2.50. The second kappa shape index (κ2) is 2.98. The van der Waals surface area contributed by atoms with Crippen LogP contribution >= 0.6 is 11.6 Å². The monoisotopic (exact) mass is 188 g/mol. The number of halogens is 1. The fourth-order valence-corrected chi connectivity index (χ4v) is 1.07. The first-order valence-corrected chi connectivity index (χ1v) is 4.17. The Hall–Kier alpha value is -0.700. The van der Waals surface area contributed by atoms with E-state index in [1.165, 1.54) is 0 Å². The lowest BCUT2D eigenvalue weighted by molar-refractivity contribution is 0.377. The summed E-state index contributed by atoms with van der Waals surface area (Å²) in [5.74, 6) is 0.205. The van der Waals surface area contributed by atoms with Gasteiger partial charge in [0.25, 0.3) is 0 Å². The molecule has 4 heteroatoms. The molecule has 0 aromatic carbocycles. The number of nitrogen functional groups attached to an aromatic ring is 1. The van der Waals surface area contributed by atoms with Gasteiger partial charge < -0.3 is 10.3 Å². The minimum Gasteiger partial charge on any atom is -0.366 e. The molecular weight excluding hydrogens is 176 g/mol. The molecule has 0 saturated carbocycles. The first-order valence-electron chi connectivity index (χ1n) is 3.80. The Morgan fingerprint density at radius 3 is 2.42 bits per heavy atom. The highest BCUT2D eigenvalue weighted by Gasteiger charge is 2.18. The summed E-state index contributed by atoms with van der Waals surface area (Å²) >= 11 is 5.83. The largest absolute Gasteiger partial charge is 0.366 e. The molecule has 1 rings (SSSR count). The fourth-order valence-electron chi connectivity index (χ4n) is 0.939. The molecule has 12 heavy (non-hydrogen) atoms. The van der Waals surface area contributed by atoms with Crippen molar-refractivity contribution in [3.63, 3.8) is 0 Å². The van der Waals surface area contributed by atoms with Crippen LogP contribution in [0.2, 0.25) is 5.02 Å². The van der Waals surface area contributed by atoms with Gasteiger partial charge in [0.15, 0.2) is 0 Å². The van der Waals surface area contributed by atoms with Crippen LogP contribution in [0.15, 0.2) is 4.52 Å². The van der Waals surface area contributed by atoms with Crippen molar-refractivity contribution in [1.29, 1.82) is 0 Å². The van der Waals surface area contributed by atoms with Gasteiger partial charge >= 0.3 is 0 Å². The maximum atomic E-state index is 5.83. The lowest BCUT2D eigenvalue weighted by atomic mass is 9.91. The Labute approximate surface area is 76.9 Å². The highest BCUT2D eigenvalue weighted by Crippen LogP contribution is 2.28. The summed E-state index contributed by atoms with van der Waals surface area (Å²) in [4.78, 5) is 0. The fraction of sp³-hybridized carbons (Fsp3) is 0.625. The summed E-state index contributed by atoms with van der Waals surface area (Å²) < 4.78 is 4.74. The molecule has 1 aromatic rings. The lowest BCUT2D eigenvalue weighted by Gasteiger charge is -2.15. The SMILES string of the molecule is CC(C)(C)Cc1noc(N)c1Cl. The van der Waals surface area contributed by atoms with Crippen LogP contribution in [0.3, 0.4) is 0 Å². The maximum absolute atomic E-state index is 5.83. The summed E-state index contributed by atoms with van der Waals surface area (Å²) in [5.41, 5.74) is 6.28. The van der Waals surface area contributed by atoms with E-state index in [1.807, 2.05) is 0 Å². The molecule has 0 unspecified atom stereocenters. The summed E-state index contributed by atoms with van der Waals surface area (Å²) in [5, 5.41) is 4.22. The van der Waals surface area contributed by atoms with Gasteiger partial charge in [-0.2, -0.15) is 0 Å². The van der Waals surface area contributed by atoms with E-state index in [0.717, 1.165) is 12.1 Å².